The third-order valence-corrected chi connectivity index (χ3v) is 4.33. The van der Waals surface area contributed by atoms with E-state index in [-0.39, 0.29) is 17.6 Å². The average molecular weight is 251 g/mol. The third-order valence-electron chi connectivity index (χ3n) is 4.33. The summed E-state index contributed by atoms with van der Waals surface area (Å²) in [4.78, 5) is 14.9. The predicted molar refractivity (Wildman–Crippen MR) is 72.4 cm³/mol. The highest BCUT2D eigenvalue weighted by atomic mass is 16.5. The summed E-state index contributed by atoms with van der Waals surface area (Å²) in [6.07, 6.45) is 10.6. The van der Waals surface area contributed by atoms with E-state index >= 15 is 0 Å². The van der Waals surface area contributed by atoms with E-state index < -0.39 is 0 Å². The van der Waals surface area contributed by atoms with Gasteiger partial charge in [0.25, 0.3) is 0 Å². The van der Waals surface area contributed by atoms with Crippen LogP contribution in [0.4, 0.5) is 0 Å². The number of ether oxygens (including phenoxy) is 1. The Balaban J connectivity index is 2.17. The van der Waals surface area contributed by atoms with Crippen LogP contribution in [0.5, 0.6) is 0 Å². The van der Waals surface area contributed by atoms with Gasteiger partial charge in [-0.3, -0.25) is 9.69 Å². The average Bonchev–Trinajstić information content (AvgIpc) is 2.61. The second kappa shape index (κ2) is 5.87. The molecule has 0 aromatic rings. The maximum Gasteiger partial charge on any atom is 0.327 e. The largest absolute Gasteiger partial charge is 0.461 e. The van der Waals surface area contributed by atoms with Gasteiger partial charge in [-0.25, -0.2) is 0 Å². The van der Waals surface area contributed by atoms with Crippen LogP contribution in [-0.2, 0) is 9.53 Å². The van der Waals surface area contributed by atoms with E-state index in [4.69, 9.17) is 4.74 Å². The first kappa shape index (κ1) is 13.6. The van der Waals surface area contributed by atoms with Crippen LogP contribution in [0, 0.1) is 0 Å². The molecule has 2 unspecified atom stereocenters. The number of fused-ring (bicyclic) bond motifs is 1. The maximum atomic E-state index is 12.6. The number of carbonyl (C=O) groups is 1. The van der Waals surface area contributed by atoms with E-state index in [0.717, 1.165) is 38.8 Å². The molecule has 0 spiro atoms. The van der Waals surface area contributed by atoms with Crippen molar-refractivity contribution >= 4 is 5.97 Å². The van der Waals surface area contributed by atoms with Crippen LogP contribution in [0.25, 0.3) is 0 Å². The van der Waals surface area contributed by atoms with Gasteiger partial charge in [0.15, 0.2) is 0 Å². The smallest absolute Gasteiger partial charge is 0.327 e. The van der Waals surface area contributed by atoms with Crippen LogP contribution in [0.15, 0.2) is 12.2 Å². The molecule has 0 aliphatic carbocycles. The Morgan fingerprint density at radius 3 is 3.00 bits per heavy atom. The molecule has 18 heavy (non-hydrogen) atoms. The molecule has 1 fully saturated rings. The number of hydrogen-bond donors (Lipinski definition) is 0. The first-order chi connectivity index (χ1) is 8.69. The number of rotatable bonds is 3. The Morgan fingerprint density at radius 1 is 1.39 bits per heavy atom. The summed E-state index contributed by atoms with van der Waals surface area (Å²) in [6.45, 7) is 5.96. The molecule has 2 aliphatic rings. The molecule has 3 nitrogen and oxygen atoms in total. The van der Waals surface area contributed by atoms with Gasteiger partial charge in [-0.2, -0.15) is 0 Å². The standard InChI is InChI=1S/C15H25NO2/c1-3-13(2)18-14(17)15-9-5-4-7-11-16(15)12-8-6-10-15/h6,8,13H,3-5,7,9-12H2,1-2H3. The van der Waals surface area contributed by atoms with Crippen molar-refractivity contribution in [3.63, 3.8) is 0 Å². The zero-order valence-corrected chi connectivity index (χ0v) is 11.7. The van der Waals surface area contributed by atoms with Gasteiger partial charge in [0.2, 0.25) is 0 Å². The number of carbonyl (C=O) groups excluding carboxylic acids is 1. The van der Waals surface area contributed by atoms with E-state index in [1.165, 1.54) is 12.8 Å². The van der Waals surface area contributed by atoms with E-state index in [9.17, 15) is 4.79 Å². The first-order valence-electron chi connectivity index (χ1n) is 7.30. The highest BCUT2D eigenvalue weighted by Crippen LogP contribution is 2.34. The first-order valence-corrected chi connectivity index (χ1v) is 7.30. The van der Waals surface area contributed by atoms with Gasteiger partial charge in [0.1, 0.15) is 5.54 Å². The molecule has 0 radical (unpaired) electrons. The fourth-order valence-electron chi connectivity index (χ4n) is 2.94. The molecule has 3 heteroatoms. The number of nitrogens with zero attached hydrogens (tertiary/aromatic N) is 1. The molecule has 0 saturated carbocycles. The van der Waals surface area contributed by atoms with E-state index in [1.54, 1.807) is 0 Å². The van der Waals surface area contributed by atoms with Crippen LogP contribution < -0.4 is 0 Å². The molecule has 0 amide bonds. The van der Waals surface area contributed by atoms with E-state index in [2.05, 4.69) is 24.0 Å². The minimum atomic E-state index is -0.366. The third kappa shape index (κ3) is 2.61. The molecule has 2 heterocycles. The van der Waals surface area contributed by atoms with E-state index in [0.29, 0.717) is 0 Å². The van der Waals surface area contributed by atoms with Crippen molar-refractivity contribution in [2.45, 2.75) is 64.0 Å². The quantitative estimate of drug-likeness (QED) is 0.570. The molecule has 2 aliphatic heterocycles. The Labute approximate surface area is 110 Å². The molecule has 2 atom stereocenters. The fraction of sp³-hybridized carbons (Fsp3) is 0.800. The van der Waals surface area contributed by atoms with Crippen molar-refractivity contribution in [3.05, 3.63) is 12.2 Å². The van der Waals surface area contributed by atoms with Crippen LogP contribution >= 0.6 is 0 Å². The molecular weight excluding hydrogens is 226 g/mol. The van der Waals surface area contributed by atoms with Gasteiger partial charge in [-0.1, -0.05) is 31.9 Å². The van der Waals surface area contributed by atoms with Crippen molar-refractivity contribution < 1.29 is 9.53 Å². The summed E-state index contributed by atoms with van der Waals surface area (Å²) in [7, 11) is 0. The Hall–Kier alpha value is -0.830. The molecule has 0 bridgehead atoms. The van der Waals surface area contributed by atoms with Crippen LogP contribution in [0.3, 0.4) is 0 Å². The van der Waals surface area contributed by atoms with Crippen molar-refractivity contribution in [2.24, 2.45) is 0 Å². The second-order valence-electron chi connectivity index (χ2n) is 5.59. The van der Waals surface area contributed by atoms with Crippen LogP contribution in [0.2, 0.25) is 0 Å². The van der Waals surface area contributed by atoms with Crippen molar-refractivity contribution in [1.29, 1.82) is 0 Å². The summed E-state index contributed by atoms with van der Waals surface area (Å²) < 4.78 is 5.64. The SMILES string of the molecule is CCC(C)OC(=O)C12CC=CCN1CCCCC2. The van der Waals surface area contributed by atoms with Crippen LogP contribution in [0.1, 0.15) is 52.4 Å². The maximum absolute atomic E-state index is 12.6. The van der Waals surface area contributed by atoms with Gasteiger partial charge in [-0.05, 0) is 39.2 Å². The van der Waals surface area contributed by atoms with Gasteiger partial charge in [0.05, 0.1) is 6.10 Å². The minimum Gasteiger partial charge on any atom is -0.461 e. The Kier molecular flexibility index (Phi) is 4.44. The summed E-state index contributed by atoms with van der Waals surface area (Å²) in [5.74, 6) is 0.00287. The number of esters is 1. The zero-order valence-electron chi connectivity index (χ0n) is 11.7. The van der Waals surface area contributed by atoms with Gasteiger partial charge in [-0.15, -0.1) is 0 Å². The van der Waals surface area contributed by atoms with Gasteiger partial charge in [0, 0.05) is 6.54 Å². The lowest BCUT2D eigenvalue weighted by molar-refractivity contribution is -0.164. The summed E-state index contributed by atoms with van der Waals surface area (Å²) >= 11 is 0. The Bertz CT molecular complexity index is 326. The molecule has 0 aromatic heterocycles. The topological polar surface area (TPSA) is 29.5 Å². The lowest BCUT2D eigenvalue weighted by Crippen LogP contribution is -2.56. The fourth-order valence-corrected chi connectivity index (χ4v) is 2.94. The van der Waals surface area contributed by atoms with Crippen LogP contribution in [-0.4, -0.2) is 35.6 Å². The highest BCUT2D eigenvalue weighted by Gasteiger charge is 2.46. The van der Waals surface area contributed by atoms with Gasteiger partial charge < -0.3 is 4.74 Å². The summed E-state index contributed by atoms with van der Waals surface area (Å²) in [5, 5.41) is 0. The molecule has 0 aromatic carbocycles. The van der Waals surface area contributed by atoms with Crippen molar-refractivity contribution in [2.75, 3.05) is 13.1 Å². The van der Waals surface area contributed by atoms with Gasteiger partial charge >= 0.3 is 5.97 Å². The molecule has 102 valence electrons. The van der Waals surface area contributed by atoms with Crippen molar-refractivity contribution in [1.82, 2.24) is 4.90 Å². The molecule has 2 rings (SSSR count). The summed E-state index contributed by atoms with van der Waals surface area (Å²) in [6, 6.07) is 0. The zero-order chi connectivity index (χ0) is 13.0. The summed E-state index contributed by atoms with van der Waals surface area (Å²) in [5.41, 5.74) is -0.366. The number of hydrogen-bond acceptors (Lipinski definition) is 3. The normalized spacial score (nSPS) is 30.3. The highest BCUT2D eigenvalue weighted by molar-refractivity contribution is 5.81. The van der Waals surface area contributed by atoms with Crippen molar-refractivity contribution in [3.8, 4) is 0 Å². The molecule has 0 N–H and O–H groups in total. The lowest BCUT2D eigenvalue weighted by atomic mass is 9.86. The predicted octanol–water partition coefficient (Wildman–Crippen LogP) is 2.90. The minimum absolute atomic E-state index is 0.00287. The monoisotopic (exact) mass is 251 g/mol. The second-order valence-corrected chi connectivity index (χ2v) is 5.59. The molecule has 1 saturated heterocycles. The Morgan fingerprint density at radius 2 is 2.22 bits per heavy atom. The van der Waals surface area contributed by atoms with E-state index in [1.807, 2.05) is 6.92 Å². The lowest BCUT2D eigenvalue weighted by Gasteiger charge is -2.42. The molecular formula is C15H25NO2.